The van der Waals surface area contributed by atoms with Gasteiger partial charge < -0.3 is 9.73 Å². The molecule has 3 rings (SSSR count). The van der Waals surface area contributed by atoms with Crippen molar-refractivity contribution in [3.8, 4) is 11.3 Å². The molecule has 0 aliphatic carbocycles. The van der Waals surface area contributed by atoms with Gasteiger partial charge in [0.25, 0.3) is 5.91 Å². The lowest BCUT2D eigenvalue weighted by Crippen LogP contribution is -2.25. The number of furan rings is 1. The molecule has 182 valence electrons. The molecule has 6 nitrogen and oxygen atoms in total. The van der Waals surface area contributed by atoms with E-state index in [4.69, 9.17) is 4.42 Å². The minimum Gasteiger partial charge on any atom is -0.451 e. The van der Waals surface area contributed by atoms with Gasteiger partial charge in [-0.3, -0.25) is 9.52 Å². The summed E-state index contributed by atoms with van der Waals surface area (Å²) in [6.45, 7) is -0.0959. The van der Waals surface area contributed by atoms with Crippen molar-refractivity contribution in [3.63, 3.8) is 0 Å². The average Bonchev–Trinajstić information content (AvgIpc) is 3.20. The molecule has 1 aromatic heterocycles. The van der Waals surface area contributed by atoms with Crippen molar-refractivity contribution in [3.05, 3.63) is 76.8 Å². The van der Waals surface area contributed by atoms with Gasteiger partial charge in [-0.2, -0.15) is 13.2 Å². The quantitative estimate of drug-likeness (QED) is 0.454. The summed E-state index contributed by atoms with van der Waals surface area (Å²) in [6, 6.07) is 6.50. The largest absolute Gasteiger partial charge is 0.451 e. The van der Waals surface area contributed by atoms with E-state index in [0.717, 1.165) is 24.5 Å². The first-order valence-corrected chi connectivity index (χ1v) is 11.3. The first-order chi connectivity index (χ1) is 15.7. The fraction of sp³-hybridized carbons (Fsp3) is 0.190. The number of carbonyl (C=O) groups is 1. The molecule has 0 saturated carbocycles. The Hall–Kier alpha value is -3.48. The number of nitrogens with one attached hydrogen (secondary N) is 2. The van der Waals surface area contributed by atoms with E-state index in [9.17, 15) is 39.6 Å². The fourth-order valence-electron chi connectivity index (χ4n) is 2.97. The Bertz CT molecular complexity index is 1310. The van der Waals surface area contributed by atoms with E-state index in [-0.39, 0.29) is 35.6 Å². The summed E-state index contributed by atoms with van der Waals surface area (Å²) >= 11 is 0. The summed E-state index contributed by atoms with van der Waals surface area (Å²) in [4.78, 5) is 12.2. The van der Waals surface area contributed by atoms with Gasteiger partial charge in [0.05, 0.1) is 11.8 Å². The number of amides is 1. The van der Waals surface area contributed by atoms with Gasteiger partial charge in [-0.05, 0) is 54.4 Å². The van der Waals surface area contributed by atoms with Crippen molar-refractivity contribution in [1.29, 1.82) is 0 Å². The third kappa shape index (κ3) is 6.10. The molecule has 0 aliphatic rings. The number of hydrogen-bond acceptors (Lipinski definition) is 4. The van der Waals surface area contributed by atoms with Crippen molar-refractivity contribution < 1.29 is 44.0 Å². The highest BCUT2D eigenvalue weighted by Gasteiger charge is 2.34. The third-order valence-corrected chi connectivity index (χ3v) is 5.05. The summed E-state index contributed by atoms with van der Waals surface area (Å²) in [7, 11) is -3.90. The number of rotatable bonds is 7. The van der Waals surface area contributed by atoms with Gasteiger partial charge >= 0.3 is 6.18 Å². The summed E-state index contributed by atoms with van der Waals surface area (Å²) in [6.07, 6.45) is -4.20. The highest BCUT2D eigenvalue weighted by atomic mass is 32.2. The number of alkyl halides is 3. The van der Waals surface area contributed by atoms with Crippen LogP contribution in [0.4, 0.5) is 32.0 Å². The van der Waals surface area contributed by atoms with Crippen LogP contribution in [0.3, 0.4) is 0 Å². The molecule has 0 atom stereocenters. The van der Waals surface area contributed by atoms with E-state index in [2.05, 4.69) is 5.32 Å². The lowest BCUT2D eigenvalue weighted by Gasteiger charge is -2.10. The van der Waals surface area contributed by atoms with Gasteiger partial charge in [0.15, 0.2) is 17.4 Å². The van der Waals surface area contributed by atoms with Gasteiger partial charge in [-0.1, -0.05) is 0 Å². The molecular weight excluding hydrogens is 490 g/mol. The smallest absolute Gasteiger partial charge is 0.419 e. The Labute approximate surface area is 189 Å². The summed E-state index contributed by atoms with van der Waals surface area (Å²) in [5.74, 6) is -4.83. The van der Waals surface area contributed by atoms with Crippen LogP contribution in [0.25, 0.3) is 11.3 Å². The standard InChI is InChI=1S/C21H16F6N2O4S/c1-34(31,32)29-19-15(23)8-11(9-16(19)24)6-7-28-20(30)18-5-4-17(33-18)12-2-3-14(22)13(10-12)21(25,26)27/h2-5,8-10,29H,6-7H2,1H3,(H,28,30). The monoisotopic (exact) mass is 506 g/mol. The second-order valence-corrected chi connectivity index (χ2v) is 8.92. The maximum Gasteiger partial charge on any atom is 0.419 e. The van der Waals surface area contributed by atoms with Gasteiger partial charge in [-0.15, -0.1) is 0 Å². The lowest BCUT2D eigenvalue weighted by molar-refractivity contribution is -0.139. The van der Waals surface area contributed by atoms with Crippen LogP contribution in [0.15, 0.2) is 46.9 Å². The van der Waals surface area contributed by atoms with Crippen LogP contribution in [0.1, 0.15) is 21.7 Å². The topological polar surface area (TPSA) is 88.4 Å². The maximum atomic E-state index is 14.0. The van der Waals surface area contributed by atoms with Crippen molar-refractivity contribution in [2.75, 3.05) is 17.5 Å². The zero-order chi connectivity index (χ0) is 25.3. The zero-order valence-electron chi connectivity index (χ0n) is 17.3. The van der Waals surface area contributed by atoms with Crippen molar-refractivity contribution >= 4 is 21.6 Å². The maximum absolute atomic E-state index is 14.0. The predicted octanol–water partition coefficient (Wildman–Crippen LogP) is 4.73. The van der Waals surface area contributed by atoms with E-state index in [0.29, 0.717) is 12.1 Å². The van der Waals surface area contributed by atoms with Gasteiger partial charge in [0.1, 0.15) is 17.3 Å². The number of sulfonamides is 1. The Morgan fingerprint density at radius 3 is 2.21 bits per heavy atom. The predicted molar refractivity (Wildman–Crippen MR) is 110 cm³/mol. The second-order valence-electron chi connectivity index (χ2n) is 7.17. The molecule has 34 heavy (non-hydrogen) atoms. The summed E-state index contributed by atoms with van der Waals surface area (Å²) < 4.78 is 109. The number of hydrogen-bond donors (Lipinski definition) is 2. The fourth-order valence-corrected chi connectivity index (χ4v) is 3.54. The van der Waals surface area contributed by atoms with Gasteiger partial charge in [0, 0.05) is 12.1 Å². The molecule has 13 heteroatoms. The van der Waals surface area contributed by atoms with Crippen LogP contribution in [-0.4, -0.2) is 27.1 Å². The van der Waals surface area contributed by atoms with Crippen LogP contribution >= 0.6 is 0 Å². The summed E-state index contributed by atoms with van der Waals surface area (Å²) in [5, 5.41) is 2.42. The van der Waals surface area contributed by atoms with Crippen molar-refractivity contribution in [2.24, 2.45) is 0 Å². The highest BCUT2D eigenvalue weighted by Crippen LogP contribution is 2.34. The van der Waals surface area contributed by atoms with Crippen LogP contribution in [0.5, 0.6) is 0 Å². The minimum absolute atomic E-state index is 0.0286. The Balaban J connectivity index is 1.65. The van der Waals surface area contributed by atoms with Gasteiger partial charge in [-0.25, -0.2) is 21.6 Å². The average molecular weight is 506 g/mol. The van der Waals surface area contributed by atoms with E-state index in [1.54, 1.807) is 4.72 Å². The number of benzene rings is 2. The summed E-state index contributed by atoms with van der Waals surface area (Å²) in [5.41, 5.74) is -2.28. The molecule has 0 fully saturated rings. The van der Waals surface area contributed by atoms with Crippen LogP contribution in [0.2, 0.25) is 0 Å². The Morgan fingerprint density at radius 2 is 1.62 bits per heavy atom. The van der Waals surface area contributed by atoms with Crippen LogP contribution < -0.4 is 10.0 Å². The minimum atomic E-state index is -4.91. The third-order valence-electron chi connectivity index (χ3n) is 4.47. The molecule has 0 bridgehead atoms. The lowest BCUT2D eigenvalue weighted by atomic mass is 10.1. The van der Waals surface area contributed by atoms with E-state index < -0.39 is 50.8 Å². The normalized spacial score (nSPS) is 12.0. The van der Waals surface area contributed by atoms with Gasteiger partial charge in [0.2, 0.25) is 10.0 Å². The highest BCUT2D eigenvalue weighted by molar-refractivity contribution is 7.92. The molecule has 1 heterocycles. The van der Waals surface area contributed by atoms with Crippen LogP contribution in [-0.2, 0) is 22.6 Å². The molecule has 3 aromatic rings. The number of halogens is 6. The SMILES string of the molecule is CS(=O)(=O)Nc1c(F)cc(CCNC(=O)c2ccc(-c3ccc(F)c(C(F)(F)F)c3)o2)cc1F. The van der Waals surface area contributed by atoms with Crippen molar-refractivity contribution in [2.45, 2.75) is 12.6 Å². The van der Waals surface area contributed by atoms with E-state index in [1.165, 1.54) is 12.1 Å². The van der Waals surface area contributed by atoms with Crippen LogP contribution in [0, 0.1) is 17.5 Å². The molecule has 0 aliphatic heterocycles. The molecule has 0 spiro atoms. The molecule has 0 unspecified atom stereocenters. The Morgan fingerprint density at radius 1 is 0.971 bits per heavy atom. The molecule has 1 amide bonds. The first kappa shape index (κ1) is 25.1. The molecule has 2 aromatic carbocycles. The zero-order valence-corrected chi connectivity index (χ0v) is 18.1. The Kier molecular flexibility index (Phi) is 6.96. The first-order valence-electron chi connectivity index (χ1n) is 9.45. The number of anilines is 1. The van der Waals surface area contributed by atoms with Crippen molar-refractivity contribution in [1.82, 2.24) is 5.32 Å². The number of carbonyl (C=O) groups excluding carboxylic acids is 1. The molecule has 2 N–H and O–H groups in total. The molecule has 0 saturated heterocycles. The van der Waals surface area contributed by atoms with E-state index in [1.807, 2.05) is 0 Å². The van der Waals surface area contributed by atoms with E-state index >= 15 is 0 Å². The second kappa shape index (κ2) is 9.41. The molecule has 0 radical (unpaired) electrons. The molecular formula is C21H16F6N2O4S.